The molecule has 0 atom stereocenters. The van der Waals surface area contributed by atoms with Gasteiger partial charge in [-0.3, -0.25) is 0 Å². The molecule has 0 unspecified atom stereocenters. The molecule has 0 aliphatic rings. The summed E-state index contributed by atoms with van der Waals surface area (Å²) in [6, 6.07) is 5.51. The van der Waals surface area contributed by atoms with Crippen molar-refractivity contribution < 1.29 is 17.9 Å². The number of guanidine groups is 1. The first-order valence-corrected chi connectivity index (χ1v) is 7.56. The van der Waals surface area contributed by atoms with Gasteiger partial charge in [-0.25, -0.2) is 4.99 Å². The van der Waals surface area contributed by atoms with Crippen LogP contribution in [0, 0.1) is 0 Å². The maximum Gasteiger partial charge on any atom is 0.390 e. The third-order valence-electron chi connectivity index (χ3n) is 2.70. The molecule has 9 heteroatoms. The molecule has 0 heterocycles. The predicted molar refractivity (Wildman–Crippen MR) is 99.6 cm³/mol. The zero-order valence-electron chi connectivity index (χ0n) is 12.8. The van der Waals surface area contributed by atoms with Gasteiger partial charge in [-0.05, 0) is 25.1 Å². The highest BCUT2D eigenvalue weighted by molar-refractivity contribution is 14.0. The zero-order valence-corrected chi connectivity index (χ0v) is 16.8. The van der Waals surface area contributed by atoms with E-state index in [1.165, 1.54) is 0 Å². The number of rotatable bonds is 6. The smallest absolute Gasteiger partial charge is 0.390 e. The minimum atomic E-state index is -4.18. The Morgan fingerprint density at radius 3 is 2.57 bits per heavy atom. The molecule has 0 aliphatic carbocycles. The lowest BCUT2D eigenvalue weighted by Gasteiger charge is -2.13. The molecule has 0 amide bonds. The fraction of sp³-hybridized carbons (Fsp3) is 0.500. The summed E-state index contributed by atoms with van der Waals surface area (Å²) in [6.45, 7) is 2.49. The SMILES string of the molecule is CCNC(=NCc1cc(Br)ccc1OC)NCCC(F)(F)F.I. The first-order chi connectivity index (χ1) is 10.4. The molecule has 1 rings (SSSR count). The van der Waals surface area contributed by atoms with E-state index < -0.39 is 12.6 Å². The molecule has 0 aromatic heterocycles. The lowest BCUT2D eigenvalue weighted by molar-refractivity contribution is -0.132. The van der Waals surface area contributed by atoms with Crippen molar-refractivity contribution in [3.05, 3.63) is 28.2 Å². The average molecular weight is 510 g/mol. The topological polar surface area (TPSA) is 45.7 Å². The van der Waals surface area contributed by atoms with E-state index in [1.54, 1.807) is 13.2 Å². The van der Waals surface area contributed by atoms with Crippen LogP contribution in [-0.4, -0.2) is 32.3 Å². The fourth-order valence-corrected chi connectivity index (χ4v) is 2.11. The second-order valence-electron chi connectivity index (χ2n) is 4.44. The van der Waals surface area contributed by atoms with Crippen molar-refractivity contribution in [2.24, 2.45) is 4.99 Å². The van der Waals surface area contributed by atoms with E-state index in [0.717, 1.165) is 10.0 Å². The van der Waals surface area contributed by atoms with Crippen molar-refractivity contribution in [3.8, 4) is 5.75 Å². The lowest BCUT2D eigenvalue weighted by Crippen LogP contribution is -2.38. The summed E-state index contributed by atoms with van der Waals surface area (Å²) in [5.74, 6) is 1.02. The number of hydrogen-bond acceptors (Lipinski definition) is 2. The van der Waals surface area contributed by atoms with Crippen LogP contribution in [0.2, 0.25) is 0 Å². The van der Waals surface area contributed by atoms with E-state index in [4.69, 9.17) is 4.74 Å². The lowest BCUT2D eigenvalue weighted by atomic mass is 10.2. The molecule has 0 bridgehead atoms. The molecule has 0 radical (unpaired) electrons. The monoisotopic (exact) mass is 509 g/mol. The molecule has 0 spiro atoms. The van der Waals surface area contributed by atoms with Crippen LogP contribution in [0.5, 0.6) is 5.75 Å². The number of nitrogens with one attached hydrogen (secondary N) is 2. The summed E-state index contributed by atoms with van der Waals surface area (Å²) in [5.41, 5.74) is 0.838. The van der Waals surface area contributed by atoms with Gasteiger partial charge < -0.3 is 15.4 Å². The molecule has 0 saturated carbocycles. The van der Waals surface area contributed by atoms with E-state index in [9.17, 15) is 13.2 Å². The number of ether oxygens (including phenoxy) is 1. The van der Waals surface area contributed by atoms with Gasteiger partial charge in [-0.2, -0.15) is 13.2 Å². The number of hydrogen-bond donors (Lipinski definition) is 2. The summed E-state index contributed by atoms with van der Waals surface area (Å²) in [4.78, 5) is 4.28. The van der Waals surface area contributed by atoms with Crippen LogP contribution in [0.3, 0.4) is 0 Å². The number of benzene rings is 1. The highest BCUT2D eigenvalue weighted by atomic mass is 127. The number of nitrogens with zero attached hydrogens (tertiary/aromatic N) is 1. The Morgan fingerprint density at radius 2 is 2.00 bits per heavy atom. The van der Waals surface area contributed by atoms with Crippen LogP contribution in [-0.2, 0) is 6.54 Å². The van der Waals surface area contributed by atoms with Crippen molar-refractivity contribution in [1.29, 1.82) is 0 Å². The standard InChI is InChI=1S/C14H19BrF3N3O.HI/c1-3-19-13(20-7-6-14(16,17)18)21-9-10-8-11(15)4-5-12(10)22-2;/h4-5,8H,3,6-7,9H2,1-2H3,(H2,19,20,21);1H. The predicted octanol–water partition coefficient (Wildman–Crippen LogP) is 4.08. The fourth-order valence-electron chi connectivity index (χ4n) is 1.70. The van der Waals surface area contributed by atoms with E-state index in [0.29, 0.717) is 24.8 Å². The van der Waals surface area contributed by atoms with Gasteiger partial charge >= 0.3 is 6.18 Å². The van der Waals surface area contributed by atoms with Crippen LogP contribution in [0.4, 0.5) is 13.2 Å². The Labute approximate surface area is 159 Å². The highest BCUT2D eigenvalue weighted by Crippen LogP contribution is 2.23. The van der Waals surface area contributed by atoms with Crippen molar-refractivity contribution >= 4 is 45.9 Å². The van der Waals surface area contributed by atoms with Gasteiger partial charge in [0, 0.05) is 23.1 Å². The first-order valence-electron chi connectivity index (χ1n) is 6.77. The molecule has 0 saturated heterocycles. The minimum Gasteiger partial charge on any atom is -0.496 e. The summed E-state index contributed by atoms with van der Waals surface area (Å²) in [6.07, 6.45) is -5.09. The summed E-state index contributed by atoms with van der Waals surface area (Å²) < 4.78 is 42.6. The molecular weight excluding hydrogens is 490 g/mol. The Morgan fingerprint density at radius 1 is 1.30 bits per heavy atom. The van der Waals surface area contributed by atoms with Crippen LogP contribution in [0.15, 0.2) is 27.7 Å². The van der Waals surface area contributed by atoms with Crippen molar-refractivity contribution in [1.82, 2.24) is 10.6 Å². The largest absolute Gasteiger partial charge is 0.496 e. The van der Waals surface area contributed by atoms with Gasteiger partial charge in [0.2, 0.25) is 0 Å². The molecule has 132 valence electrons. The van der Waals surface area contributed by atoms with Crippen LogP contribution in [0.25, 0.3) is 0 Å². The van der Waals surface area contributed by atoms with Gasteiger partial charge in [0.1, 0.15) is 5.75 Å². The van der Waals surface area contributed by atoms with Gasteiger partial charge in [0.15, 0.2) is 5.96 Å². The van der Waals surface area contributed by atoms with Gasteiger partial charge in [0.05, 0.1) is 20.1 Å². The number of methoxy groups -OCH3 is 1. The highest BCUT2D eigenvalue weighted by Gasteiger charge is 2.26. The molecular formula is C14H20BrF3IN3O. The Hall–Kier alpha value is -0.710. The van der Waals surface area contributed by atoms with E-state index >= 15 is 0 Å². The van der Waals surface area contributed by atoms with Gasteiger partial charge in [-0.15, -0.1) is 24.0 Å². The van der Waals surface area contributed by atoms with Crippen LogP contribution < -0.4 is 15.4 Å². The first kappa shape index (κ1) is 22.3. The zero-order chi connectivity index (χ0) is 16.6. The minimum absolute atomic E-state index is 0. The van der Waals surface area contributed by atoms with Crippen molar-refractivity contribution in [2.45, 2.75) is 26.1 Å². The van der Waals surface area contributed by atoms with Crippen LogP contribution >= 0.6 is 39.9 Å². The van der Waals surface area contributed by atoms with Gasteiger partial charge in [0.25, 0.3) is 0 Å². The third-order valence-corrected chi connectivity index (χ3v) is 3.19. The maximum absolute atomic E-state index is 12.2. The van der Waals surface area contributed by atoms with Crippen LogP contribution in [0.1, 0.15) is 18.9 Å². The quantitative estimate of drug-likeness (QED) is 0.345. The maximum atomic E-state index is 12.2. The van der Waals surface area contributed by atoms with Crippen molar-refractivity contribution in [3.63, 3.8) is 0 Å². The van der Waals surface area contributed by atoms with E-state index in [1.807, 2.05) is 19.1 Å². The number of aliphatic imine (C=N–C) groups is 1. The second kappa shape index (κ2) is 11.0. The molecule has 1 aromatic carbocycles. The summed E-state index contributed by atoms with van der Waals surface area (Å²) in [7, 11) is 1.56. The average Bonchev–Trinajstić information content (AvgIpc) is 2.43. The Kier molecular flexibility index (Phi) is 10.6. The number of alkyl halides is 3. The normalized spacial score (nSPS) is 11.7. The number of halogens is 5. The Balaban J connectivity index is 0.00000484. The van der Waals surface area contributed by atoms with Crippen molar-refractivity contribution in [2.75, 3.05) is 20.2 Å². The molecule has 23 heavy (non-hydrogen) atoms. The molecule has 4 nitrogen and oxygen atoms in total. The summed E-state index contributed by atoms with van der Waals surface area (Å²) in [5, 5.41) is 5.58. The molecule has 1 aromatic rings. The molecule has 0 aliphatic heterocycles. The third kappa shape index (κ3) is 9.23. The van der Waals surface area contributed by atoms with E-state index in [-0.39, 0.29) is 30.5 Å². The van der Waals surface area contributed by atoms with E-state index in [2.05, 4.69) is 31.6 Å². The summed E-state index contributed by atoms with van der Waals surface area (Å²) >= 11 is 3.37. The molecule has 0 fully saturated rings. The van der Waals surface area contributed by atoms with Gasteiger partial charge in [-0.1, -0.05) is 15.9 Å². The molecule has 2 N–H and O–H groups in total. The Bertz CT molecular complexity index is 513. The second-order valence-corrected chi connectivity index (χ2v) is 5.36.